The number of nitrogens with zero attached hydrogens (tertiary/aromatic N) is 5. The molecular formula is C18H15BrN6O. The summed E-state index contributed by atoms with van der Waals surface area (Å²) in [6, 6.07) is 11.6. The SMILES string of the molecule is Cc1nn(C)c(C(=O)Nc2ccn3cc(-c4ccccc4)nc3n2)c1Br. The maximum Gasteiger partial charge on any atom is 0.276 e. The highest BCUT2D eigenvalue weighted by atomic mass is 79.9. The first-order valence-electron chi connectivity index (χ1n) is 7.94. The van der Waals surface area contributed by atoms with Gasteiger partial charge in [-0.15, -0.1) is 0 Å². The highest BCUT2D eigenvalue weighted by Gasteiger charge is 2.19. The minimum absolute atomic E-state index is 0.285. The zero-order valence-corrected chi connectivity index (χ0v) is 15.7. The van der Waals surface area contributed by atoms with Crippen molar-refractivity contribution in [1.29, 1.82) is 0 Å². The van der Waals surface area contributed by atoms with Crippen LogP contribution in [-0.2, 0) is 7.05 Å². The second-order valence-electron chi connectivity index (χ2n) is 5.84. The molecule has 0 atom stereocenters. The number of rotatable bonds is 3. The molecule has 3 aromatic heterocycles. The Kier molecular flexibility index (Phi) is 4.04. The van der Waals surface area contributed by atoms with Crippen LogP contribution in [0.5, 0.6) is 0 Å². The number of fused-ring (bicyclic) bond motifs is 1. The Morgan fingerprint density at radius 1 is 1.15 bits per heavy atom. The molecule has 0 saturated carbocycles. The van der Waals surface area contributed by atoms with Gasteiger partial charge in [0, 0.05) is 25.0 Å². The number of hydrogen-bond acceptors (Lipinski definition) is 4. The van der Waals surface area contributed by atoms with Gasteiger partial charge in [-0.05, 0) is 28.9 Å². The van der Waals surface area contributed by atoms with Crippen LogP contribution in [0.4, 0.5) is 5.82 Å². The lowest BCUT2D eigenvalue weighted by atomic mass is 10.2. The molecule has 130 valence electrons. The van der Waals surface area contributed by atoms with Crippen molar-refractivity contribution in [1.82, 2.24) is 24.1 Å². The highest BCUT2D eigenvalue weighted by Crippen LogP contribution is 2.22. The largest absolute Gasteiger partial charge is 0.305 e. The first kappa shape index (κ1) is 16.5. The molecule has 7 nitrogen and oxygen atoms in total. The highest BCUT2D eigenvalue weighted by molar-refractivity contribution is 9.10. The van der Waals surface area contributed by atoms with Crippen molar-refractivity contribution in [2.45, 2.75) is 6.92 Å². The van der Waals surface area contributed by atoms with E-state index < -0.39 is 0 Å². The molecule has 1 amide bonds. The van der Waals surface area contributed by atoms with E-state index in [4.69, 9.17) is 0 Å². The molecule has 3 heterocycles. The molecule has 0 unspecified atom stereocenters. The van der Waals surface area contributed by atoms with Crippen LogP contribution in [-0.4, -0.2) is 30.1 Å². The summed E-state index contributed by atoms with van der Waals surface area (Å²) in [7, 11) is 1.73. The zero-order valence-electron chi connectivity index (χ0n) is 14.1. The lowest BCUT2D eigenvalue weighted by molar-refractivity contribution is 0.101. The van der Waals surface area contributed by atoms with E-state index in [-0.39, 0.29) is 5.91 Å². The third-order valence-electron chi connectivity index (χ3n) is 4.00. The molecule has 0 saturated heterocycles. The second kappa shape index (κ2) is 6.38. The Bertz CT molecular complexity index is 1120. The van der Waals surface area contributed by atoms with Crippen molar-refractivity contribution in [2.24, 2.45) is 7.05 Å². The Morgan fingerprint density at radius 2 is 1.92 bits per heavy atom. The number of carbonyl (C=O) groups is 1. The predicted octanol–water partition coefficient (Wildman–Crippen LogP) is 3.45. The Hall–Kier alpha value is -3.00. The third kappa shape index (κ3) is 2.88. The van der Waals surface area contributed by atoms with Crippen LogP contribution in [0.25, 0.3) is 17.0 Å². The van der Waals surface area contributed by atoms with Crippen molar-refractivity contribution in [2.75, 3.05) is 5.32 Å². The van der Waals surface area contributed by atoms with Gasteiger partial charge in [0.1, 0.15) is 11.5 Å². The molecule has 0 spiro atoms. The number of benzene rings is 1. The monoisotopic (exact) mass is 410 g/mol. The summed E-state index contributed by atoms with van der Waals surface area (Å²) < 4.78 is 4.03. The molecule has 0 bridgehead atoms. The van der Waals surface area contributed by atoms with Gasteiger partial charge in [-0.2, -0.15) is 10.1 Å². The van der Waals surface area contributed by atoms with Gasteiger partial charge in [0.25, 0.3) is 5.91 Å². The number of amides is 1. The lowest BCUT2D eigenvalue weighted by Gasteiger charge is -2.05. The van der Waals surface area contributed by atoms with Gasteiger partial charge in [0.15, 0.2) is 0 Å². The summed E-state index contributed by atoms with van der Waals surface area (Å²) in [6.07, 6.45) is 3.73. The standard InChI is InChI=1S/C18H15BrN6O/c1-11-15(19)16(24(2)23-11)17(26)21-14-8-9-25-10-13(20-18(25)22-14)12-6-4-3-5-7-12/h3-10H,1-2H3,(H,20,21,22,26). The molecular weight excluding hydrogens is 396 g/mol. The minimum Gasteiger partial charge on any atom is -0.305 e. The number of nitrogens with one attached hydrogen (secondary N) is 1. The summed E-state index contributed by atoms with van der Waals surface area (Å²) in [5.74, 6) is 0.659. The maximum atomic E-state index is 12.6. The average Bonchev–Trinajstić information content (AvgIpc) is 3.16. The maximum absolute atomic E-state index is 12.6. The van der Waals surface area contributed by atoms with Crippen LogP contribution in [0.3, 0.4) is 0 Å². The van der Waals surface area contributed by atoms with Gasteiger partial charge in [-0.3, -0.25) is 13.9 Å². The fraction of sp³-hybridized carbons (Fsp3) is 0.111. The molecule has 1 N–H and O–H groups in total. The number of halogens is 1. The van der Waals surface area contributed by atoms with Gasteiger partial charge >= 0.3 is 0 Å². The molecule has 0 fully saturated rings. The Balaban J connectivity index is 1.64. The van der Waals surface area contributed by atoms with Crippen LogP contribution in [0.15, 0.2) is 53.3 Å². The normalized spacial score (nSPS) is 11.0. The summed E-state index contributed by atoms with van der Waals surface area (Å²) in [5, 5.41) is 7.03. The minimum atomic E-state index is -0.285. The summed E-state index contributed by atoms with van der Waals surface area (Å²) >= 11 is 3.40. The molecule has 8 heteroatoms. The van der Waals surface area contributed by atoms with Gasteiger partial charge < -0.3 is 5.32 Å². The number of aromatic nitrogens is 5. The van der Waals surface area contributed by atoms with Crippen molar-refractivity contribution in [3.63, 3.8) is 0 Å². The summed E-state index contributed by atoms with van der Waals surface area (Å²) in [6.45, 7) is 1.83. The summed E-state index contributed by atoms with van der Waals surface area (Å²) in [4.78, 5) is 21.5. The predicted molar refractivity (Wildman–Crippen MR) is 102 cm³/mol. The van der Waals surface area contributed by atoms with E-state index in [1.54, 1.807) is 13.1 Å². The van der Waals surface area contributed by atoms with Crippen LogP contribution < -0.4 is 5.32 Å². The van der Waals surface area contributed by atoms with Crippen molar-refractivity contribution in [3.8, 4) is 11.3 Å². The molecule has 4 rings (SSSR count). The van der Waals surface area contributed by atoms with Crippen molar-refractivity contribution in [3.05, 3.63) is 64.7 Å². The van der Waals surface area contributed by atoms with E-state index >= 15 is 0 Å². The summed E-state index contributed by atoms with van der Waals surface area (Å²) in [5.41, 5.74) is 3.03. The van der Waals surface area contributed by atoms with Gasteiger partial charge in [0.2, 0.25) is 5.78 Å². The molecule has 0 radical (unpaired) electrons. The topological polar surface area (TPSA) is 77.1 Å². The molecule has 1 aromatic carbocycles. The van der Waals surface area contributed by atoms with Gasteiger partial charge in [-0.1, -0.05) is 30.3 Å². The van der Waals surface area contributed by atoms with E-state index in [1.807, 2.05) is 54.0 Å². The molecule has 0 aliphatic carbocycles. The Labute approximate surface area is 157 Å². The number of anilines is 1. The number of carbonyl (C=O) groups excluding carboxylic acids is 1. The van der Waals surface area contributed by atoms with E-state index in [1.165, 1.54) is 4.68 Å². The molecule has 4 aromatic rings. The second-order valence-corrected chi connectivity index (χ2v) is 6.63. The smallest absolute Gasteiger partial charge is 0.276 e. The van der Waals surface area contributed by atoms with E-state index in [0.717, 1.165) is 17.0 Å². The first-order valence-corrected chi connectivity index (χ1v) is 8.74. The van der Waals surface area contributed by atoms with Crippen LogP contribution in [0.2, 0.25) is 0 Å². The Morgan fingerprint density at radius 3 is 2.62 bits per heavy atom. The number of aryl methyl sites for hydroxylation is 2. The number of hydrogen-bond donors (Lipinski definition) is 1. The zero-order chi connectivity index (χ0) is 18.3. The number of imidazole rings is 1. The lowest BCUT2D eigenvalue weighted by Crippen LogP contribution is -2.17. The van der Waals surface area contributed by atoms with Crippen LogP contribution in [0.1, 0.15) is 16.2 Å². The van der Waals surface area contributed by atoms with Crippen molar-refractivity contribution < 1.29 is 4.79 Å². The van der Waals surface area contributed by atoms with Gasteiger partial charge in [0.05, 0.1) is 15.9 Å². The average molecular weight is 411 g/mol. The van der Waals surface area contributed by atoms with E-state index in [2.05, 4.69) is 36.3 Å². The van der Waals surface area contributed by atoms with Crippen LogP contribution >= 0.6 is 15.9 Å². The van der Waals surface area contributed by atoms with Crippen LogP contribution in [0, 0.1) is 6.92 Å². The fourth-order valence-corrected chi connectivity index (χ4v) is 3.26. The molecule has 0 aliphatic heterocycles. The third-order valence-corrected chi connectivity index (χ3v) is 4.95. The van der Waals surface area contributed by atoms with Gasteiger partial charge in [-0.25, -0.2) is 4.98 Å². The van der Waals surface area contributed by atoms with E-state index in [0.29, 0.717) is 21.8 Å². The fourth-order valence-electron chi connectivity index (χ4n) is 2.74. The van der Waals surface area contributed by atoms with Crippen molar-refractivity contribution >= 4 is 33.4 Å². The molecule has 0 aliphatic rings. The quantitative estimate of drug-likeness (QED) is 0.560. The molecule has 26 heavy (non-hydrogen) atoms. The first-order chi connectivity index (χ1) is 12.5. The van der Waals surface area contributed by atoms with E-state index in [9.17, 15) is 4.79 Å².